The Labute approximate surface area is 226 Å². The predicted octanol–water partition coefficient (Wildman–Crippen LogP) is 5.47. The van der Waals surface area contributed by atoms with Crippen LogP contribution in [-0.4, -0.2) is 45.5 Å². The molecule has 0 spiro atoms. The second kappa shape index (κ2) is 11.3. The van der Waals surface area contributed by atoms with Crippen LogP contribution in [0.4, 0.5) is 8.78 Å². The average Bonchev–Trinajstić information content (AvgIpc) is 3.68. The van der Waals surface area contributed by atoms with Gasteiger partial charge in [0, 0.05) is 35.3 Å². The molecule has 1 aromatic carbocycles. The quantitative estimate of drug-likeness (QED) is 0.334. The second-order valence-electron chi connectivity index (χ2n) is 10.9. The molecule has 3 atom stereocenters. The number of hydrogen-bond donors (Lipinski definition) is 3. The van der Waals surface area contributed by atoms with Crippen LogP contribution in [0.5, 0.6) is 5.75 Å². The second-order valence-corrected chi connectivity index (χ2v) is 10.9. The van der Waals surface area contributed by atoms with Crippen LogP contribution in [0.1, 0.15) is 80.4 Å². The summed E-state index contributed by atoms with van der Waals surface area (Å²) < 4.78 is 33.2. The number of benzene rings is 1. The van der Waals surface area contributed by atoms with E-state index in [-0.39, 0.29) is 35.4 Å². The van der Waals surface area contributed by atoms with Gasteiger partial charge in [0.1, 0.15) is 23.3 Å². The molecule has 2 aromatic heterocycles. The largest absolute Gasteiger partial charge is 0.493 e. The lowest BCUT2D eigenvalue weighted by Gasteiger charge is -2.35. The van der Waals surface area contributed by atoms with Gasteiger partial charge in [-0.2, -0.15) is 0 Å². The predicted molar refractivity (Wildman–Crippen MR) is 144 cm³/mol. The number of ether oxygens (including phenoxy) is 1. The molecule has 2 fully saturated rings. The van der Waals surface area contributed by atoms with E-state index in [1.165, 1.54) is 18.5 Å². The van der Waals surface area contributed by atoms with E-state index in [0.29, 0.717) is 58.2 Å². The van der Waals surface area contributed by atoms with Gasteiger partial charge in [-0.3, -0.25) is 9.59 Å². The minimum absolute atomic E-state index is 0.0295. The number of aryl methyl sites for hydroxylation is 1. The summed E-state index contributed by atoms with van der Waals surface area (Å²) in [7, 11) is 0. The maximum atomic E-state index is 13.6. The topological polar surface area (TPSA) is 109 Å². The number of carbonyl (C=O) groups is 2. The van der Waals surface area contributed by atoms with Crippen molar-refractivity contribution in [3.8, 4) is 17.0 Å². The van der Waals surface area contributed by atoms with Crippen molar-refractivity contribution >= 4 is 22.8 Å². The van der Waals surface area contributed by atoms with Crippen molar-refractivity contribution in [2.24, 2.45) is 11.8 Å². The van der Waals surface area contributed by atoms with Gasteiger partial charge >= 0.3 is 0 Å². The zero-order chi connectivity index (χ0) is 27.7. The summed E-state index contributed by atoms with van der Waals surface area (Å²) in [6, 6.07) is 4.42. The summed E-state index contributed by atoms with van der Waals surface area (Å²) in [4.78, 5) is 37.4. The Morgan fingerprint density at radius 1 is 1.15 bits per heavy atom. The number of carbonyl (C=O) groups excluding carboxylic acids is 2. The molecule has 0 aliphatic heterocycles. The molecule has 0 bridgehead atoms. The lowest BCUT2D eigenvalue weighted by Crippen LogP contribution is -2.48. The number of hydrogen-bond acceptors (Lipinski definition) is 5. The van der Waals surface area contributed by atoms with Gasteiger partial charge in [-0.1, -0.05) is 13.8 Å². The highest BCUT2D eigenvalue weighted by Gasteiger charge is 2.31. The summed E-state index contributed by atoms with van der Waals surface area (Å²) in [5.74, 6) is 0.989. The number of fused-ring (bicyclic) bond motifs is 1. The third-order valence-corrected chi connectivity index (χ3v) is 7.85. The fraction of sp³-hybridized carbons (Fsp3) is 0.517. The van der Waals surface area contributed by atoms with Crippen molar-refractivity contribution in [2.45, 2.75) is 77.8 Å². The van der Waals surface area contributed by atoms with E-state index in [0.717, 1.165) is 32.1 Å². The fourth-order valence-corrected chi connectivity index (χ4v) is 5.40. The van der Waals surface area contributed by atoms with Crippen molar-refractivity contribution in [1.29, 1.82) is 0 Å². The Hall–Kier alpha value is -3.56. The van der Waals surface area contributed by atoms with E-state index >= 15 is 0 Å². The molecular weight excluding hydrogens is 504 g/mol. The number of halogens is 2. The molecule has 0 unspecified atom stereocenters. The fourth-order valence-electron chi connectivity index (χ4n) is 5.40. The summed E-state index contributed by atoms with van der Waals surface area (Å²) >= 11 is 0. The third-order valence-electron chi connectivity index (χ3n) is 7.85. The summed E-state index contributed by atoms with van der Waals surface area (Å²) in [6.07, 6.45) is 3.67. The number of aromatic amines is 1. The SMILES string of the molecule is CCC(=O)N[C@H]1CC[C@H](NC(=O)c2c(C)[nH]c3c(-c4cc(C(F)F)ccc4OCC4CC4)ncnc23)C[C@H]1C. The van der Waals surface area contributed by atoms with Crippen molar-refractivity contribution in [2.75, 3.05) is 6.61 Å². The van der Waals surface area contributed by atoms with Crippen LogP contribution in [0, 0.1) is 18.8 Å². The van der Waals surface area contributed by atoms with Gasteiger partial charge in [-0.05, 0) is 69.1 Å². The molecule has 10 heteroatoms. The molecule has 2 aliphatic carbocycles. The molecule has 2 heterocycles. The van der Waals surface area contributed by atoms with E-state index in [9.17, 15) is 18.4 Å². The first-order valence-corrected chi connectivity index (χ1v) is 13.7. The van der Waals surface area contributed by atoms with E-state index in [4.69, 9.17) is 4.74 Å². The summed E-state index contributed by atoms with van der Waals surface area (Å²) in [5, 5.41) is 6.23. The minimum atomic E-state index is -2.64. The van der Waals surface area contributed by atoms with Crippen molar-refractivity contribution in [3.63, 3.8) is 0 Å². The normalized spacial score (nSPS) is 21.2. The van der Waals surface area contributed by atoms with Crippen LogP contribution in [0.25, 0.3) is 22.3 Å². The van der Waals surface area contributed by atoms with E-state index in [2.05, 4.69) is 32.5 Å². The molecule has 0 radical (unpaired) electrons. The van der Waals surface area contributed by atoms with Crippen molar-refractivity contribution in [3.05, 3.63) is 41.3 Å². The maximum absolute atomic E-state index is 13.6. The molecule has 0 saturated heterocycles. The summed E-state index contributed by atoms with van der Waals surface area (Å²) in [6.45, 7) is 6.24. The van der Waals surface area contributed by atoms with Gasteiger partial charge < -0.3 is 20.4 Å². The molecule has 208 valence electrons. The lowest BCUT2D eigenvalue weighted by atomic mass is 9.82. The molecular formula is C29H35F2N5O3. The Kier molecular flexibility index (Phi) is 7.81. The molecule has 3 N–H and O–H groups in total. The average molecular weight is 540 g/mol. The van der Waals surface area contributed by atoms with Gasteiger partial charge in [-0.15, -0.1) is 0 Å². The van der Waals surface area contributed by atoms with Crippen molar-refractivity contribution < 1.29 is 23.1 Å². The highest BCUT2D eigenvalue weighted by molar-refractivity contribution is 6.09. The zero-order valence-corrected chi connectivity index (χ0v) is 22.5. The van der Waals surface area contributed by atoms with E-state index in [1.54, 1.807) is 13.0 Å². The number of H-pyrrole nitrogens is 1. The Morgan fingerprint density at radius 2 is 1.95 bits per heavy atom. The van der Waals surface area contributed by atoms with Crippen LogP contribution in [0.15, 0.2) is 24.5 Å². The van der Waals surface area contributed by atoms with E-state index < -0.39 is 6.43 Å². The third kappa shape index (κ3) is 5.89. The molecule has 39 heavy (non-hydrogen) atoms. The highest BCUT2D eigenvalue weighted by atomic mass is 19.3. The first kappa shape index (κ1) is 27.0. The number of nitrogens with one attached hydrogen (secondary N) is 3. The minimum Gasteiger partial charge on any atom is -0.493 e. The van der Waals surface area contributed by atoms with Gasteiger partial charge in [0.05, 0.1) is 17.7 Å². The summed E-state index contributed by atoms with van der Waals surface area (Å²) in [5.41, 5.74) is 2.69. The first-order chi connectivity index (χ1) is 18.7. The van der Waals surface area contributed by atoms with Crippen LogP contribution in [0.2, 0.25) is 0 Å². The standard InChI is InChI=1S/C29H35F2N5O3/c1-4-23(37)36-21-9-8-19(11-15(21)2)35-29(38)24-16(3)34-27-25(32-14-33-26(24)27)20-12-18(28(30)31)7-10-22(20)39-13-17-5-6-17/h7,10,12,14-15,17,19,21,28,34H,4-6,8-9,11,13H2,1-3H3,(H,35,38)(H,36,37)/t15-,19+,21+/m1/s1. The number of amides is 2. The zero-order valence-electron chi connectivity index (χ0n) is 22.5. The van der Waals surface area contributed by atoms with E-state index in [1.807, 2.05) is 6.92 Å². The maximum Gasteiger partial charge on any atom is 0.263 e. The molecule has 8 nitrogen and oxygen atoms in total. The highest BCUT2D eigenvalue weighted by Crippen LogP contribution is 2.38. The monoisotopic (exact) mass is 539 g/mol. The Morgan fingerprint density at radius 3 is 2.64 bits per heavy atom. The Balaban J connectivity index is 1.41. The lowest BCUT2D eigenvalue weighted by molar-refractivity contribution is -0.122. The number of nitrogens with zero attached hydrogens (tertiary/aromatic N) is 2. The molecule has 5 rings (SSSR count). The first-order valence-electron chi connectivity index (χ1n) is 13.7. The number of aromatic nitrogens is 3. The van der Waals surface area contributed by atoms with Crippen LogP contribution in [0.3, 0.4) is 0 Å². The van der Waals surface area contributed by atoms with Crippen LogP contribution >= 0.6 is 0 Å². The molecule has 3 aromatic rings. The molecule has 2 amide bonds. The number of alkyl halides is 2. The van der Waals surface area contributed by atoms with Gasteiger partial charge in [0.2, 0.25) is 5.91 Å². The van der Waals surface area contributed by atoms with Crippen molar-refractivity contribution in [1.82, 2.24) is 25.6 Å². The van der Waals surface area contributed by atoms with Gasteiger partial charge in [0.25, 0.3) is 12.3 Å². The van der Waals surface area contributed by atoms with Crippen LogP contribution in [-0.2, 0) is 4.79 Å². The van der Waals surface area contributed by atoms with Gasteiger partial charge in [-0.25, -0.2) is 18.7 Å². The molecule has 2 saturated carbocycles. The Bertz CT molecular complexity index is 1370. The van der Waals surface area contributed by atoms with Crippen LogP contribution < -0.4 is 15.4 Å². The molecule has 2 aliphatic rings. The number of rotatable bonds is 9. The van der Waals surface area contributed by atoms with Gasteiger partial charge in [0.15, 0.2) is 0 Å². The smallest absolute Gasteiger partial charge is 0.263 e.